The number of hydrogen-bond donors (Lipinski definition) is 2. The summed E-state index contributed by atoms with van der Waals surface area (Å²) in [6, 6.07) is 7.46. The monoisotopic (exact) mass is 347 g/mol. The second-order valence-electron chi connectivity index (χ2n) is 5.62. The van der Waals surface area contributed by atoms with E-state index in [9.17, 15) is 19.5 Å². The van der Waals surface area contributed by atoms with Gasteiger partial charge >= 0.3 is 12.2 Å². The Morgan fingerprint density at radius 1 is 1.28 bits per heavy atom. The van der Waals surface area contributed by atoms with Crippen LogP contribution in [0.3, 0.4) is 0 Å². The molecule has 0 radical (unpaired) electrons. The highest BCUT2D eigenvalue weighted by Crippen LogP contribution is 2.20. The van der Waals surface area contributed by atoms with Crippen molar-refractivity contribution in [3.05, 3.63) is 41.4 Å². The first-order valence-electron chi connectivity index (χ1n) is 7.79. The third-order valence-corrected chi connectivity index (χ3v) is 3.24. The summed E-state index contributed by atoms with van der Waals surface area (Å²) in [6.45, 7) is 3.54. The first-order valence-corrected chi connectivity index (χ1v) is 7.79. The molecule has 1 aromatic carbocycles. The summed E-state index contributed by atoms with van der Waals surface area (Å²) >= 11 is 0. The molecule has 0 aliphatic heterocycles. The molecule has 1 amide bonds. The van der Waals surface area contributed by atoms with E-state index in [1.54, 1.807) is 44.2 Å². The largest absolute Gasteiger partial charge is 0.480 e. The summed E-state index contributed by atoms with van der Waals surface area (Å²) in [6.07, 6.45) is -0.827. The number of carboxylic acid groups (broad SMARTS) is 1. The number of hydrogen-bond acceptors (Lipinski definition) is 4. The Hall–Kier alpha value is -2.83. The maximum absolute atomic E-state index is 12.5. The van der Waals surface area contributed by atoms with Gasteiger partial charge in [0.15, 0.2) is 6.10 Å². The lowest BCUT2D eigenvalue weighted by Gasteiger charge is -2.22. The van der Waals surface area contributed by atoms with Crippen molar-refractivity contribution in [3.63, 3.8) is 0 Å². The first-order chi connectivity index (χ1) is 11.8. The van der Waals surface area contributed by atoms with E-state index in [0.717, 1.165) is 0 Å². The third kappa shape index (κ3) is 7.07. The van der Waals surface area contributed by atoms with Crippen molar-refractivity contribution in [2.45, 2.75) is 44.9 Å². The fourth-order valence-corrected chi connectivity index (χ4v) is 2.11. The molecule has 0 aliphatic rings. The first kappa shape index (κ1) is 20.2. The summed E-state index contributed by atoms with van der Waals surface area (Å²) in [7, 11) is 0. The second kappa shape index (κ2) is 10.1. The van der Waals surface area contributed by atoms with E-state index >= 15 is 0 Å². The fourth-order valence-electron chi connectivity index (χ4n) is 2.11. The molecular formula is C17H21N3O5. The number of Topliss-reactive ketones (excluding diaryl/α,β-unsaturated/α-hetero) is 1. The molecule has 0 saturated carbocycles. The highest BCUT2D eigenvalue weighted by atomic mass is 16.5. The molecule has 8 heteroatoms. The van der Waals surface area contributed by atoms with Crippen LogP contribution in [0.4, 0.5) is 0 Å². The van der Waals surface area contributed by atoms with Crippen LogP contribution < -0.4 is 5.32 Å². The molecule has 0 bridgehead atoms. The molecule has 0 spiro atoms. The summed E-state index contributed by atoms with van der Waals surface area (Å²) < 4.78 is 5.62. The van der Waals surface area contributed by atoms with Gasteiger partial charge in [0.1, 0.15) is 6.04 Å². The molecule has 8 nitrogen and oxygen atoms in total. The molecule has 0 fully saturated rings. The van der Waals surface area contributed by atoms with Crippen LogP contribution in [0, 0.1) is 0 Å². The molecule has 0 heterocycles. The number of nitrogens with zero attached hydrogens (tertiary/aromatic N) is 2. The van der Waals surface area contributed by atoms with Gasteiger partial charge in [0.05, 0.1) is 6.10 Å². The van der Waals surface area contributed by atoms with E-state index in [4.69, 9.17) is 10.3 Å². The van der Waals surface area contributed by atoms with Gasteiger partial charge in [-0.25, -0.2) is 4.79 Å². The summed E-state index contributed by atoms with van der Waals surface area (Å²) in [5.74, 6) is -2.41. The van der Waals surface area contributed by atoms with E-state index in [1.165, 1.54) is 0 Å². The van der Waals surface area contributed by atoms with Crippen LogP contribution in [0.15, 0.2) is 30.3 Å². The average Bonchev–Trinajstić information content (AvgIpc) is 2.56. The molecule has 134 valence electrons. The Morgan fingerprint density at radius 3 is 2.44 bits per heavy atom. The van der Waals surface area contributed by atoms with E-state index in [2.05, 4.69) is 10.1 Å². The van der Waals surface area contributed by atoms with Crippen molar-refractivity contribution >= 4 is 23.9 Å². The van der Waals surface area contributed by atoms with Crippen molar-refractivity contribution in [2.24, 2.45) is 0 Å². The molecule has 0 aliphatic carbocycles. The zero-order valence-electron chi connectivity index (χ0n) is 14.1. The number of ether oxygens (including phenoxy) is 1. The van der Waals surface area contributed by atoms with Crippen LogP contribution in [-0.4, -0.2) is 45.9 Å². The van der Waals surface area contributed by atoms with Crippen molar-refractivity contribution in [1.29, 1.82) is 0 Å². The fraction of sp³-hybridized carbons (Fsp3) is 0.412. The predicted octanol–water partition coefficient (Wildman–Crippen LogP) is 1.37. The number of nitrogens with one attached hydrogen (secondary N) is 1. The minimum Gasteiger partial charge on any atom is -0.480 e. The van der Waals surface area contributed by atoms with Crippen LogP contribution in [-0.2, 0) is 19.1 Å². The number of carbonyl (C=O) groups excluding carboxylic acids is 2. The van der Waals surface area contributed by atoms with E-state index in [-0.39, 0.29) is 18.9 Å². The molecule has 0 unspecified atom stereocenters. The number of carboxylic acids is 1. The second-order valence-corrected chi connectivity index (χ2v) is 5.62. The SMILES string of the molecule is CC(C)O[C@H](C(=O)N[C@@H](CCC(=O)C=[N+]=[N-])C(=O)O)c1ccccc1. The van der Waals surface area contributed by atoms with Crippen molar-refractivity contribution in [3.8, 4) is 0 Å². The van der Waals surface area contributed by atoms with Crippen molar-refractivity contribution < 1.29 is 29.0 Å². The minimum atomic E-state index is -1.27. The normalized spacial score (nSPS) is 12.8. The van der Waals surface area contributed by atoms with E-state index in [0.29, 0.717) is 11.8 Å². The lowest BCUT2D eigenvalue weighted by atomic mass is 10.1. The standard InChI is InChI=1S/C17H21N3O5/c1-11(2)25-15(12-6-4-3-5-7-12)16(22)20-14(17(23)24)9-8-13(21)10-19-18/h3-7,10-11,14-15H,8-9H2,1-2H3,(H,20,22)(H,23,24)/t14-,15-/m0/s1. The lowest BCUT2D eigenvalue weighted by Crippen LogP contribution is -2.44. The number of aliphatic carboxylic acids is 1. The smallest absolute Gasteiger partial charge is 0.326 e. The Labute approximate surface area is 145 Å². The zero-order valence-corrected chi connectivity index (χ0v) is 14.1. The molecule has 1 rings (SSSR count). The maximum Gasteiger partial charge on any atom is 0.326 e. The van der Waals surface area contributed by atoms with Crippen LogP contribution in [0.1, 0.15) is 38.4 Å². The molecule has 0 saturated heterocycles. The van der Waals surface area contributed by atoms with Gasteiger partial charge in [-0.2, -0.15) is 4.79 Å². The minimum absolute atomic E-state index is 0.130. The Bertz CT molecular complexity index is 654. The van der Waals surface area contributed by atoms with E-state index < -0.39 is 29.8 Å². The van der Waals surface area contributed by atoms with Crippen LogP contribution in [0.25, 0.3) is 5.53 Å². The zero-order chi connectivity index (χ0) is 18.8. The predicted molar refractivity (Wildman–Crippen MR) is 88.9 cm³/mol. The molecule has 0 aromatic heterocycles. The van der Waals surface area contributed by atoms with Gasteiger partial charge in [0.2, 0.25) is 5.78 Å². The Kier molecular flexibility index (Phi) is 8.18. The average molecular weight is 347 g/mol. The van der Waals surface area contributed by atoms with Gasteiger partial charge in [0, 0.05) is 6.42 Å². The van der Waals surface area contributed by atoms with Gasteiger partial charge < -0.3 is 20.7 Å². The number of rotatable bonds is 10. The Morgan fingerprint density at radius 2 is 1.92 bits per heavy atom. The molecule has 2 atom stereocenters. The molecule has 25 heavy (non-hydrogen) atoms. The van der Waals surface area contributed by atoms with E-state index in [1.807, 2.05) is 0 Å². The van der Waals surface area contributed by atoms with Crippen molar-refractivity contribution in [1.82, 2.24) is 5.32 Å². The summed E-state index contributed by atoms with van der Waals surface area (Å²) in [5.41, 5.74) is 8.88. The number of carbonyl (C=O) groups is 3. The van der Waals surface area contributed by atoms with Crippen LogP contribution in [0.5, 0.6) is 0 Å². The van der Waals surface area contributed by atoms with Gasteiger partial charge in [0.25, 0.3) is 5.91 Å². The highest BCUT2D eigenvalue weighted by molar-refractivity contribution is 6.25. The highest BCUT2D eigenvalue weighted by Gasteiger charge is 2.28. The third-order valence-electron chi connectivity index (χ3n) is 3.24. The molecule has 1 aromatic rings. The number of benzene rings is 1. The molecule has 2 N–H and O–H groups in total. The number of ketones is 1. The molecular weight excluding hydrogens is 326 g/mol. The van der Waals surface area contributed by atoms with Gasteiger partial charge in [-0.05, 0) is 25.8 Å². The maximum atomic E-state index is 12.5. The summed E-state index contributed by atoms with van der Waals surface area (Å²) in [5, 5.41) is 11.6. The van der Waals surface area contributed by atoms with Gasteiger partial charge in [-0.3, -0.25) is 9.59 Å². The number of amides is 1. The lowest BCUT2D eigenvalue weighted by molar-refractivity contribution is -0.146. The van der Waals surface area contributed by atoms with Crippen molar-refractivity contribution in [2.75, 3.05) is 0 Å². The van der Waals surface area contributed by atoms with Gasteiger partial charge in [-0.15, -0.1) is 0 Å². The topological polar surface area (TPSA) is 129 Å². The van der Waals surface area contributed by atoms with Crippen LogP contribution in [0.2, 0.25) is 0 Å². The van der Waals surface area contributed by atoms with Gasteiger partial charge in [-0.1, -0.05) is 30.3 Å². The van der Waals surface area contributed by atoms with Crippen LogP contribution >= 0.6 is 0 Å². The Balaban J connectivity index is 2.85. The quantitative estimate of drug-likeness (QED) is 0.375. The summed E-state index contributed by atoms with van der Waals surface area (Å²) in [4.78, 5) is 37.8.